The smallest absolute Gasteiger partial charge is 0.338 e. The van der Waals surface area contributed by atoms with Gasteiger partial charge in [0.1, 0.15) is 0 Å². The lowest BCUT2D eigenvalue weighted by molar-refractivity contribution is 0.0526. The van der Waals surface area contributed by atoms with Crippen molar-refractivity contribution in [2.75, 3.05) is 6.61 Å². The molecule has 0 heterocycles. The van der Waals surface area contributed by atoms with Gasteiger partial charge in [-0.05, 0) is 89.1 Å². The van der Waals surface area contributed by atoms with Gasteiger partial charge in [-0.3, -0.25) is 0 Å². The fraction of sp³-hybridized carbons (Fsp3) is 0.364. The van der Waals surface area contributed by atoms with E-state index in [1.807, 2.05) is 43.3 Å². The van der Waals surface area contributed by atoms with E-state index in [4.69, 9.17) is 16.3 Å². The summed E-state index contributed by atoms with van der Waals surface area (Å²) in [6.07, 6.45) is 7.74. The highest BCUT2D eigenvalue weighted by Crippen LogP contribution is 2.46. The van der Waals surface area contributed by atoms with Crippen LogP contribution in [0.25, 0.3) is 6.08 Å². The van der Waals surface area contributed by atoms with Crippen molar-refractivity contribution in [3.63, 3.8) is 0 Å². The Morgan fingerprint density at radius 3 is 2.19 bits per heavy atom. The summed E-state index contributed by atoms with van der Waals surface area (Å²) in [7, 11) is 0. The third-order valence-corrected chi connectivity index (χ3v) is 7.87. The zero-order chi connectivity index (χ0) is 25.9. The van der Waals surface area contributed by atoms with E-state index in [-0.39, 0.29) is 22.7 Å². The molecule has 36 heavy (non-hydrogen) atoms. The zero-order valence-electron chi connectivity index (χ0n) is 22.1. The van der Waals surface area contributed by atoms with Gasteiger partial charge in [0, 0.05) is 10.9 Å². The largest absolute Gasteiger partial charge is 0.462 e. The first-order chi connectivity index (χ1) is 17.1. The number of fused-ring (bicyclic) bond motifs is 1. The molecular formula is C33H37ClO2. The summed E-state index contributed by atoms with van der Waals surface area (Å²) < 4.78 is 5.11. The number of hydrogen-bond acceptors (Lipinski definition) is 2. The van der Waals surface area contributed by atoms with Crippen LogP contribution in [0.1, 0.15) is 91.6 Å². The highest BCUT2D eigenvalue weighted by atomic mass is 35.5. The molecule has 0 fully saturated rings. The molecule has 0 N–H and O–H groups in total. The van der Waals surface area contributed by atoms with Crippen molar-refractivity contribution in [1.82, 2.24) is 0 Å². The van der Waals surface area contributed by atoms with Crippen molar-refractivity contribution < 1.29 is 9.53 Å². The summed E-state index contributed by atoms with van der Waals surface area (Å²) in [6.45, 7) is 11.7. The van der Waals surface area contributed by atoms with Crippen LogP contribution in [0.4, 0.5) is 0 Å². The molecule has 0 radical (unpaired) electrons. The molecule has 0 spiro atoms. The molecule has 0 saturated heterocycles. The van der Waals surface area contributed by atoms with Gasteiger partial charge in [-0.2, -0.15) is 0 Å². The van der Waals surface area contributed by atoms with E-state index >= 15 is 0 Å². The second-order valence-electron chi connectivity index (χ2n) is 11.2. The number of esters is 1. The lowest BCUT2D eigenvalue weighted by Crippen LogP contribution is -2.34. The molecule has 4 rings (SSSR count). The Labute approximate surface area is 221 Å². The number of halogens is 1. The summed E-state index contributed by atoms with van der Waals surface area (Å²) in [4.78, 5) is 12.0. The third kappa shape index (κ3) is 5.93. The number of hydrogen-bond donors (Lipinski definition) is 0. The minimum atomic E-state index is -0.284. The highest BCUT2D eigenvalue weighted by Gasteiger charge is 2.37. The molecule has 1 aliphatic rings. The van der Waals surface area contributed by atoms with Gasteiger partial charge >= 0.3 is 5.97 Å². The predicted octanol–water partition coefficient (Wildman–Crippen LogP) is 8.91. The fourth-order valence-corrected chi connectivity index (χ4v) is 5.31. The van der Waals surface area contributed by atoms with Gasteiger partial charge in [0.05, 0.1) is 12.2 Å². The Hall–Kier alpha value is -2.84. The van der Waals surface area contributed by atoms with Crippen molar-refractivity contribution in [2.45, 2.75) is 70.6 Å². The number of allylic oxidation sites excluding steroid dienone is 1. The SMILES string of the molecule is CCOC(=O)c1ccc(/C=C/C(Cc2ccc(Cl)cc2)c2ccc3c(c2)C(C)(C)CCC3(C)C)cc1. The number of ether oxygens (including phenoxy) is 1. The fourth-order valence-electron chi connectivity index (χ4n) is 5.18. The van der Waals surface area contributed by atoms with Crippen molar-refractivity contribution in [2.24, 2.45) is 0 Å². The molecule has 0 saturated carbocycles. The van der Waals surface area contributed by atoms with Gasteiger partial charge in [0.25, 0.3) is 0 Å². The number of rotatable bonds is 7. The molecule has 3 aromatic rings. The van der Waals surface area contributed by atoms with Crippen LogP contribution < -0.4 is 0 Å². The third-order valence-electron chi connectivity index (χ3n) is 7.62. The molecule has 3 heteroatoms. The summed E-state index contributed by atoms with van der Waals surface area (Å²) >= 11 is 6.15. The maximum Gasteiger partial charge on any atom is 0.338 e. The summed E-state index contributed by atoms with van der Waals surface area (Å²) in [5.41, 5.74) is 7.53. The van der Waals surface area contributed by atoms with Crippen LogP contribution in [0, 0.1) is 0 Å². The molecule has 2 nitrogen and oxygen atoms in total. The molecule has 0 aliphatic heterocycles. The van der Waals surface area contributed by atoms with E-state index in [1.54, 1.807) is 0 Å². The molecule has 188 valence electrons. The lowest BCUT2D eigenvalue weighted by Gasteiger charge is -2.42. The van der Waals surface area contributed by atoms with Crippen LogP contribution in [0.15, 0.2) is 72.8 Å². The Kier molecular flexibility index (Phi) is 7.76. The number of carbonyl (C=O) groups excluding carboxylic acids is 1. The van der Waals surface area contributed by atoms with Gasteiger partial charge in [-0.1, -0.05) is 93.9 Å². The second kappa shape index (κ2) is 10.6. The first kappa shape index (κ1) is 26.2. The van der Waals surface area contributed by atoms with Crippen molar-refractivity contribution in [3.8, 4) is 0 Å². The van der Waals surface area contributed by atoms with Crippen LogP contribution in [0.3, 0.4) is 0 Å². The molecule has 0 aromatic heterocycles. The van der Waals surface area contributed by atoms with Crippen LogP contribution >= 0.6 is 11.6 Å². The van der Waals surface area contributed by atoms with Gasteiger partial charge < -0.3 is 4.74 Å². The molecule has 0 amide bonds. The molecule has 3 aromatic carbocycles. The second-order valence-corrected chi connectivity index (χ2v) is 11.6. The average Bonchev–Trinajstić information content (AvgIpc) is 2.86. The molecular weight excluding hydrogens is 464 g/mol. The summed E-state index contributed by atoms with van der Waals surface area (Å²) in [6, 6.07) is 22.9. The van der Waals surface area contributed by atoms with Crippen molar-refractivity contribution in [3.05, 3.63) is 111 Å². The molecule has 0 bridgehead atoms. The van der Waals surface area contributed by atoms with E-state index < -0.39 is 0 Å². The maximum atomic E-state index is 12.0. The van der Waals surface area contributed by atoms with Crippen molar-refractivity contribution >= 4 is 23.6 Å². The first-order valence-electron chi connectivity index (χ1n) is 12.9. The standard InChI is InChI=1S/C33H37ClO2/c1-6-36-31(35)25-12-7-23(8-13-25)9-14-26(21-24-10-16-28(34)17-11-24)27-15-18-29-30(22-27)33(4,5)20-19-32(29,2)3/h7-18,22,26H,6,19-21H2,1-5H3/b14-9+. The molecule has 1 aliphatic carbocycles. The zero-order valence-corrected chi connectivity index (χ0v) is 22.9. The molecule has 1 atom stereocenters. The Morgan fingerprint density at radius 2 is 1.56 bits per heavy atom. The quantitative estimate of drug-likeness (QED) is 0.303. The average molecular weight is 501 g/mol. The lowest BCUT2D eigenvalue weighted by atomic mass is 9.62. The Balaban J connectivity index is 1.68. The van der Waals surface area contributed by atoms with Crippen LogP contribution in [0.2, 0.25) is 5.02 Å². The van der Waals surface area contributed by atoms with E-state index in [1.165, 1.54) is 35.1 Å². The van der Waals surface area contributed by atoms with Crippen LogP contribution in [-0.2, 0) is 22.0 Å². The van der Waals surface area contributed by atoms with Crippen molar-refractivity contribution in [1.29, 1.82) is 0 Å². The number of benzene rings is 3. The summed E-state index contributed by atoms with van der Waals surface area (Å²) in [5.74, 6) is -0.0738. The Morgan fingerprint density at radius 1 is 0.917 bits per heavy atom. The predicted molar refractivity (Wildman–Crippen MR) is 151 cm³/mol. The summed E-state index contributed by atoms with van der Waals surface area (Å²) in [5, 5.41) is 0.755. The topological polar surface area (TPSA) is 26.3 Å². The highest BCUT2D eigenvalue weighted by molar-refractivity contribution is 6.30. The van der Waals surface area contributed by atoms with Gasteiger partial charge in [-0.25, -0.2) is 4.79 Å². The van der Waals surface area contributed by atoms with E-state index in [9.17, 15) is 4.79 Å². The molecule has 1 unspecified atom stereocenters. The van der Waals surface area contributed by atoms with E-state index in [0.717, 1.165) is 17.0 Å². The van der Waals surface area contributed by atoms with Crippen LogP contribution in [-0.4, -0.2) is 12.6 Å². The normalized spacial score (nSPS) is 16.9. The minimum Gasteiger partial charge on any atom is -0.462 e. The first-order valence-corrected chi connectivity index (χ1v) is 13.3. The monoisotopic (exact) mass is 500 g/mol. The van der Waals surface area contributed by atoms with Crippen LogP contribution in [0.5, 0.6) is 0 Å². The van der Waals surface area contributed by atoms with Gasteiger partial charge in [-0.15, -0.1) is 0 Å². The van der Waals surface area contributed by atoms with Gasteiger partial charge in [0.15, 0.2) is 0 Å². The minimum absolute atomic E-state index is 0.165. The van der Waals surface area contributed by atoms with E-state index in [2.05, 4.69) is 70.2 Å². The Bertz CT molecular complexity index is 1230. The van der Waals surface area contributed by atoms with E-state index in [0.29, 0.717) is 12.2 Å². The van der Waals surface area contributed by atoms with Gasteiger partial charge in [0.2, 0.25) is 0 Å². The maximum absolute atomic E-state index is 12.0. The number of carbonyl (C=O) groups is 1.